The minimum absolute atomic E-state index is 0.143. The van der Waals surface area contributed by atoms with E-state index in [9.17, 15) is 0 Å². The first-order valence-electron chi connectivity index (χ1n) is 3.55. The molecule has 0 amide bonds. The highest BCUT2D eigenvalue weighted by molar-refractivity contribution is 4.73. The summed E-state index contributed by atoms with van der Waals surface area (Å²) in [5, 5.41) is 4.41. The summed E-state index contributed by atoms with van der Waals surface area (Å²) in [6.45, 7) is 6.98. The van der Waals surface area contributed by atoms with Crippen LogP contribution in [0.3, 0.4) is 0 Å². The second kappa shape index (κ2) is 2.86. The van der Waals surface area contributed by atoms with Crippen molar-refractivity contribution in [1.29, 1.82) is 0 Å². The van der Waals surface area contributed by atoms with Gasteiger partial charge in [-0.05, 0) is 5.41 Å². The van der Waals surface area contributed by atoms with Crippen molar-refractivity contribution in [3.05, 3.63) is 0 Å². The van der Waals surface area contributed by atoms with E-state index in [1.54, 1.807) is 0 Å². The van der Waals surface area contributed by atoms with E-state index in [-0.39, 0.29) is 11.5 Å². The van der Waals surface area contributed by atoms with Gasteiger partial charge in [0.25, 0.3) is 0 Å². The normalized spacial score (nSPS) is 28.5. The van der Waals surface area contributed by atoms with E-state index in [4.69, 9.17) is 4.89 Å². The molecule has 0 aromatic heterocycles. The molecule has 1 saturated heterocycles. The molecule has 0 aliphatic carbocycles. The molecular weight excluding hydrogens is 132 g/mol. The average molecular weight is 146 g/mol. The predicted molar refractivity (Wildman–Crippen MR) is 36.0 cm³/mol. The molecule has 1 heterocycles. The van der Waals surface area contributed by atoms with Crippen molar-refractivity contribution in [3.8, 4) is 0 Å². The molecule has 0 saturated carbocycles. The fraction of sp³-hybridized carbons (Fsp3) is 1.00. The fourth-order valence-electron chi connectivity index (χ4n) is 0.890. The van der Waals surface area contributed by atoms with Gasteiger partial charge < -0.3 is 0 Å². The lowest BCUT2D eigenvalue weighted by Gasteiger charge is -2.30. The summed E-state index contributed by atoms with van der Waals surface area (Å²) in [5.41, 5.74) is 0.143. The van der Waals surface area contributed by atoms with Gasteiger partial charge in [0.15, 0.2) is 0 Å². The maximum Gasteiger partial charge on any atom is 0.103 e. The Hall–Kier alpha value is -0.120. The summed E-state index contributed by atoms with van der Waals surface area (Å²) in [4.78, 5) is 9.49. The van der Waals surface area contributed by atoms with E-state index in [1.807, 2.05) is 0 Å². The monoisotopic (exact) mass is 146 g/mol. The molecule has 1 unspecified atom stereocenters. The van der Waals surface area contributed by atoms with E-state index in [1.165, 1.54) is 0 Å². The summed E-state index contributed by atoms with van der Waals surface area (Å²) in [6, 6.07) is 0. The van der Waals surface area contributed by atoms with Crippen molar-refractivity contribution in [2.75, 3.05) is 6.61 Å². The van der Waals surface area contributed by atoms with Gasteiger partial charge in [-0.3, -0.25) is 0 Å². The number of hydrogen-bond donors (Lipinski definition) is 0. The molecule has 0 aromatic rings. The predicted octanol–water partition coefficient (Wildman–Crippen LogP) is 1.68. The lowest BCUT2D eigenvalue weighted by atomic mass is 9.87. The summed E-state index contributed by atoms with van der Waals surface area (Å²) in [7, 11) is 0. The zero-order valence-corrected chi connectivity index (χ0v) is 6.72. The number of rotatable bonds is 0. The molecule has 0 aromatic carbocycles. The van der Waals surface area contributed by atoms with Crippen LogP contribution in [0.2, 0.25) is 0 Å². The summed E-state index contributed by atoms with van der Waals surface area (Å²) >= 11 is 0. The second-order valence-electron chi connectivity index (χ2n) is 3.63. The van der Waals surface area contributed by atoms with Crippen LogP contribution in [0.1, 0.15) is 27.2 Å². The van der Waals surface area contributed by atoms with Gasteiger partial charge in [0, 0.05) is 6.42 Å². The van der Waals surface area contributed by atoms with Gasteiger partial charge in [0.05, 0.1) is 6.61 Å². The van der Waals surface area contributed by atoms with Gasteiger partial charge in [-0.15, -0.1) is 0 Å². The van der Waals surface area contributed by atoms with Crippen LogP contribution in [0.15, 0.2) is 0 Å². The van der Waals surface area contributed by atoms with E-state index in [0.717, 1.165) is 6.42 Å². The summed E-state index contributed by atoms with van der Waals surface area (Å²) in [6.07, 6.45) is 1.06. The van der Waals surface area contributed by atoms with Crippen LogP contribution in [0.5, 0.6) is 0 Å². The largest absolute Gasteiger partial charge is 0.206 e. The first kappa shape index (κ1) is 7.98. The van der Waals surface area contributed by atoms with Gasteiger partial charge in [0.2, 0.25) is 0 Å². The van der Waals surface area contributed by atoms with E-state index >= 15 is 0 Å². The molecule has 1 atom stereocenters. The summed E-state index contributed by atoms with van der Waals surface area (Å²) < 4.78 is 0. The smallest absolute Gasteiger partial charge is 0.103 e. The van der Waals surface area contributed by atoms with E-state index in [2.05, 4.69) is 30.7 Å². The van der Waals surface area contributed by atoms with E-state index in [0.29, 0.717) is 6.61 Å². The van der Waals surface area contributed by atoms with Crippen molar-refractivity contribution < 1.29 is 14.8 Å². The first-order chi connectivity index (χ1) is 4.61. The van der Waals surface area contributed by atoms with Crippen molar-refractivity contribution in [2.45, 2.75) is 33.3 Å². The SMILES string of the molecule is CC(C)(C)C1CCOOO1. The Morgan fingerprint density at radius 2 is 2.00 bits per heavy atom. The molecule has 0 bridgehead atoms. The zero-order chi connectivity index (χ0) is 7.61. The molecule has 1 aliphatic heterocycles. The first-order valence-corrected chi connectivity index (χ1v) is 3.55. The van der Waals surface area contributed by atoms with Gasteiger partial charge in [-0.25, -0.2) is 9.78 Å². The van der Waals surface area contributed by atoms with Gasteiger partial charge >= 0.3 is 0 Å². The zero-order valence-electron chi connectivity index (χ0n) is 6.72. The van der Waals surface area contributed by atoms with Gasteiger partial charge in [0.1, 0.15) is 6.10 Å². The van der Waals surface area contributed by atoms with Gasteiger partial charge in [-0.1, -0.05) is 25.8 Å². The Balaban J connectivity index is 2.39. The van der Waals surface area contributed by atoms with Crippen LogP contribution in [0.25, 0.3) is 0 Å². The maximum absolute atomic E-state index is 4.92. The van der Waals surface area contributed by atoms with Crippen LogP contribution < -0.4 is 0 Å². The highest BCUT2D eigenvalue weighted by Gasteiger charge is 2.29. The molecule has 0 radical (unpaired) electrons. The Morgan fingerprint density at radius 3 is 2.30 bits per heavy atom. The molecule has 1 fully saturated rings. The molecule has 1 rings (SSSR count). The number of hydrogen-bond acceptors (Lipinski definition) is 3. The molecule has 10 heavy (non-hydrogen) atoms. The molecular formula is C7H14O3. The third kappa shape index (κ3) is 1.94. The maximum atomic E-state index is 4.92. The molecule has 3 nitrogen and oxygen atoms in total. The van der Waals surface area contributed by atoms with Crippen molar-refractivity contribution >= 4 is 0 Å². The third-order valence-corrected chi connectivity index (χ3v) is 1.63. The Labute approximate surface area is 61.1 Å². The molecule has 60 valence electrons. The van der Waals surface area contributed by atoms with Crippen molar-refractivity contribution in [1.82, 2.24) is 0 Å². The third-order valence-electron chi connectivity index (χ3n) is 1.63. The second-order valence-corrected chi connectivity index (χ2v) is 3.63. The fourth-order valence-corrected chi connectivity index (χ4v) is 0.890. The minimum Gasteiger partial charge on any atom is -0.206 e. The Morgan fingerprint density at radius 1 is 1.30 bits per heavy atom. The lowest BCUT2D eigenvalue weighted by molar-refractivity contribution is -0.555. The highest BCUT2D eigenvalue weighted by Crippen LogP contribution is 2.27. The topological polar surface area (TPSA) is 27.7 Å². The quantitative estimate of drug-likeness (QED) is 0.487. The van der Waals surface area contributed by atoms with Crippen molar-refractivity contribution in [3.63, 3.8) is 0 Å². The van der Waals surface area contributed by atoms with Gasteiger partial charge in [-0.2, -0.15) is 0 Å². The summed E-state index contributed by atoms with van der Waals surface area (Å²) in [5.74, 6) is 0. The molecule has 1 aliphatic rings. The van der Waals surface area contributed by atoms with Crippen molar-refractivity contribution in [2.24, 2.45) is 5.41 Å². The van der Waals surface area contributed by atoms with Crippen LogP contribution in [-0.2, 0) is 14.8 Å². The highest BCUT2D eigenvalue weighted by atomic mass is 17.5. The molecule has 0 N–H and O–H groups in total. The van der Waals surface area contributed by atoms with Crippen LogP contribution in [0, 0.1) is 5.41 Å². The average Bonchev–Trinajstić information content (AvgIpc) is 1.88. The standard InChI is InChI=1S/C7H14O3/c1-7(2,3)6-4-5-8-10-9-6/h6H,4-5H2,1-3H3. The minimum atomic E-state index is 0.143. The van der Waals surface area contributed by atoms with Crippen LogP contribution in [0.4, 0.5) is 0 Å². The molecule has 3 heteroatoms. The van der Waals surface area contributed by atoms with E-state index < -0.39 is 0 Å². The Kier molecular flexibility index (Phi) is 2.28. The Bertz CT molecular complexity index is 99.9. The van der Waals surface area contributed by atoms with Crippen LogP contribution >= 0.6 is 0 Å². The lowest BCUT2D eigenvalue weighted by Crippen LogP contribution is -2.33. The van der Waals surface area contributed by atoms with Crippen LogP contribution in [-0.4, -0.2) is 12.7 Å². The molecule has 0 spiro atoms.